The molecule has 0 heterocycles. The van der Waals surface area contributed by atoms with E-state index in [-0.39, 0.29) is 37.1 Å². The van der Waals surface area contributed by atoms with Crippen LogP contribution in [-0.4, -0.2) is 0 Å². The fourth-order valence-corrected chi connectivity index (χ4v) is 7.26. The van der Waals surface area contributed by atoms with Gasteiger partial charge >= 0.3 is 104 Å². The molecule has 3 aliphatic carbocycles. The Kier molecular flexibility index (Phi) is 4.44. The number of hydrogen-bond acceptors (Lipinski definition) is 0. The maximum Gasteiger partial charge on any atom is -1.00 e. The molecule has 3 atom stereocenters. The molecule has 1 saturated carbocycles. The molecule has 0 bridgehead atoms. The van der Waals surface area contributed by atoms with Gasteiger partial charge in [-0.3, -0.25) is 0 Å². The van der Waals surface area contributed by atoms with E-state index < -0.39 is 0 Å². The molecule has 0 aromatic carbocycles. The van der Waals surface area contributed by atoms with Crippen LogP contribution in [0.5, 0.6) is 0 Å². The van der Waals surface area contributed by atoms with E-state index >= 15 is 0 Å². The zero-order chi connectivity index (χ0) is 10.1. The van der Waals surface area contributed by atoms with E-state index in [1.165, 1.54) is 19.3 Å². The van der Waals surface area contributed by atoms with Crippen molar-refractivity contribution in [1.29, 1.82) is 0 Å². The number of halogens is 1. The van der Waals surface area contributed by atoms with E-state index in [1.54, 1.807) is 0 Å². The largest absolute Gasteiger partial charge is 1.00 e. The molecular weight excluding hydrogens is 295 g/mol. The molecule has 0 aromatic heterocycles. The molecule has 3 unspecified atom stereocenters. The van der Waals surface area contributed by atoms with E-state index in [1.807, 2.05) is 3.28 Å². The molecule has 16 heavy (non-hydrogen) atoms. The Balaban J connectivity index is 0.000000722. The van der Waals surface area contributed by atoms with Crippen LogP contribution in [0, 0.1) is 11.8 Å². The van der Waals surface area contributed by atoms with E-state index in [4.69, 9.17) is 0 Å². The van der Waals surface area contributed by atoms with Gasteiger partial charge in [0.2, 0.25) is 0 Å². The van der Waals surface area contributed by atoms with Gasteiger partial charge in [0.1, 0.15) is 0 Å². The molecule has 84 valence electrons. The summed E-state index contributed by atoms with van der Waals surface area (Å²) in [7, 11) is 0. The Hall–Kier alpha value is 0.133. The average Bonchev–Trinajstić information content (AvgIpc) is 2.89. The fourth-order valence-electron chi connectivity index (χ4n) is 2.92. The third-order valence-electron chi connectivity index (χ3n) is 3.71. The Morgan fingerprint density at radius 2 is 2.00 bits per heavy atom. The molecule has 3 aliphatic rings. The van der Waals surface area contributed by atoms with E-state index in [0.29, 0.717) is 0 Å². The summed E-state index contributed by atoms with van der Waals surface area (Å²) < 4.78 is 2.89. The van der Waals surface area contributed by atoms with Crippen molar-refractivity contribution in [2.45, 2.75) is 22.9 Å². The molecular formula is C14H17ClZr. The van der Waals surface area contributed by atoms with E-state index in [9.17, 15) is 0 Å². The first-order valence-electron chi connectivity index (χ1n) is 5.91. The topological polar surface area (TPSA) is 0 Å². The predicted octanol–water partition coefficient (Wildman–Crippen LogP) is 0.970. The van der Waals surface area contributed by atoms with Crippen LogP contribution in [0.2, 0.25) is 3.63 Å². The molecule has 1 fully saturated rings. The van der Waals surface area contributed by atoms with Crippen LogP contribution < -0.4 is 12.4 Å². The summed E-state index contributed by atoms with van der Waals surface area (Å²) in [6.45, 7) is 0. The van der Waals surface area contributed by atoms with Crippen LogP contribution in [0.25, 0.3) is 0 Å². The molecule has 2 heteroatoms. The van der Waals surface area contributed by atoms with Crippen LogP contribution >= 0.6 is 0 Å². The minimum Gasteiger partial charge on any atom is -1.00 e. The van der Waals surface area contributed by atoms with Gasteiger partial charge in [0.15, 0.2) is 0 Å². The SMILES string of the molecule is C1=CC[C]([Zr+2][CH]2CCC3C=CC=CC32)=C1.[Cl-].[H-]. The maximum absolute atomic E-state index is 2.48. The van der Waals surface area contributed by atoms with E-state index in [2.05, 4.69) is 42.5 Å². The summed E-state index contributed by atoms with van der Waals surface area (Å²) in [5.74, 6) is 1.79. The summed E-state index contributed by atoms with van der Waals surface area (Å²) in [4.78, 5) is 0. The van der Waals surface area contributed by atoms with Gasteiger partial charge < -0.3 is 13.8 Å². The molecule has 0 aromatic rings. The first-order valence-corrected chi connectivity index (χ1v) is 8.55. The van der Waals surface area contributed by atoms with Crippen molar-refractivity contribution in [2.24, 2.45) is 11.8 Å². The second-order valence-corrected chi connectivity index (χ2v) is 8.77. The molecule has 0 aliphatic heterocycles. The van der Waals surface area contributed by atoms with Gasteiger partial charge in [-0.1, -0.05) is 0 Å². The minimum atomic E-state index is -0.282. The number of fused-ring (bicyclic) bond motifs is 1. The Labute approximate surface area is 117 Å². The van der Waals surface area contributed by atoms with Crippen LogP contribution in [-0.2, 0) is 23.2 Å². The Morgan fingerprint density at radius 3 is 2.81 bits per heavy atom. The first-order chi connectivity index (χ1) is 7.43. The second-order valence-electron chi connectivity index (χ2n) is 4.66. The summed E-state index contributed by atoms with van der Waals surface area (Å²) in [6, 6.07) is 0. The predicted molar refractivity (Wildman–Crippen MR) is 61.2 cm³/mol. The van der Waals surface area contributed by atoms with E-state index in [0.717, 1.165) is 15.5 Å². The summed E-state index contributed by atoms with van der Waals surface area (Å²) in [6.07, 6.45) is 20.6. The standard InChI is InChI=1S/C9H11.C5H5.ClH.Zr.H/c1-2-5-9-7-3-6-8(9)4-1;1-2-4-5-3-1;;;/h1-2,4-6,8-9H,3,7H2;1-3H,4H2;1H;;/q;;;+2;-1/p-1. The van der Waals surface area contributed by atoms with Gasteiger partial charge in [0.25, 0.3) is 0 Å². The molecule has 3 rings (SSSR count). The van der Waals surface area contributed by atoms with Crippen molar-refractivity contribution in [3.05, 3.63) is 45.8 Å². The number of hydrogen-bond donors (Lipinski definition) is 0. The maximum atomic E-state index is 2.48. The van der Waals surface area contributed by atoms with Crippen molar-refractivity contribution in [2.75, 3.05) is 0 Å². The number of rotatable bonds is 2. The average molecular weight is 312 g/mol. The van der Waals surface area contributed by atoms with Gasteiger partial charge in [0.05, 0.1) is 0 Å². The number of allylic oxidation sites excluding steroid dienone is 8. The van der Waals surface area contributed by atoms with Crippen molar-refractivity contribution < 1.29 is 37.1 Å². The van der Waals surface area contributed by atoms with Gasteiger partial charge in [-0.25, -0.2) is 0 Å². The summed E-state index contributed by atoms with van der Waals surface area (Å²) in [5, 5.41) is 0. The van der Waals surface area contributed by atoms with Crippen LogP contribution in [0.4, 0.5) is 0 Å². The third-order valence-corrected chi connectivity index (χ3v) is 8.10. The monoisotopic (exact) mass is 310 g/mol. The second kappa shape index (κ2) is 5.65. The third kappa shape index (κ3) is 2.51. The zero-order valence-corrected chi connectivity index (χ0v) is 12.5. The van der Waals surface area contributed by atoms with Gasteiger partial charge in [-0.05, 0) is 0 Å². The molecule has 0 nitrogen and oxygen atoms in total. The zero-order valence-electron chi connectivity index (χ0n) is 10.3. The Morgan fingerprint density at radius 1 is 1.12 bits per heavy atom. The molecule has 0 amide bonds. The fraction of sp³-hybridized carbons (Fsp3) is 0.429. The minimum absolute atomic E-state index is 0. The summed E-state index contributed by atoms with van der Waals surface area (Å²) >= 11 is -0.282. The van der Waals surface area contributed by atoms with Crippen LogP contribution in [0.3, 0.4) is 0 Å². The van der Waals surface area contributed by atoms with Crippen LogP contribution in [0.1, 0.15) is 20.7 Å². The van der Waals surface area contributed by atoms with Crippen molar-refractivity contribution in [1.82, 2.24) is 0 Å². The van der Waals surface area contributed by atoms with Crippen molar-refractivity contribution in [3.8, 4) is 0 Å². The molecule has 0 saturated heterocycles. The Bertz CT molecular complexity index is 370. The quantitative estimate of drug-likeness (QED) is 0.713. The smallest absolute Gasteiger partial charge is 1.00 e. The van der Waals surface area contributed by atoms with Gasteiger partial charge in [0, 0.05) is 0 Å². The molecule has 0 radical (unpaired) electrons. The van der Waals surface area contributed by atoms with Crippen molar-refractivity contribution in [3.63, 3.8) is 0 Å². The van der Waals surface area contributed by atoms with Gasteiger partial charge in [-0.15, -0.1) is 0 Å². The summed E-state index contributed by atoms with van der Waals surface area (Å²) in [5.41, 5.74) is 0. The van der Waals surface area contributed by atoms with Crippen molar-refractivity contribution >= 4 is 0 Å². The normalized spacial score (nSPS) is 34.2. The van der Waals surface area contributed by atoms with Crippen LogP contribution in [0.15, 0.2) is 45.8 Å². The molecule has 0 N–H and O–H groups in total. The first kappa shape index (κ1) is 12.6. The molecule has 0 spiro atoms. The van der Waals surface area contributed by atoms with Gasteiger partial charge in [-0.2, -0.15) is 0 Å².